The lowest BCUT2D eigenvalue weighted by Crippen LogP contribution is -1.82. The molecule has 0 bridgehead atoms. The van der Waals surface area contributed by atoms with Gasteiger partial charge in [0, 0.05) is 0 Å². The Labute approximate surface area is 73.2 Å². The van der Waals surface area contributed by atoms with Gasteiger partial charge in [0.15, 0.2) is 3.92 Å². The van der Waals surface area contributed by atoms with Gasteiger partial charge in [-0.05, 0) is 15.9 Å². The average molecular weight is 248 g/mol. The Hall–Kier alpha value is 0.260. The van der Waals surface area contributed by atoms with Crippen molar-refractivity contribution < 1.29 is 8.78 Å². The molecule has 10 heavy (non-hydrogen) atoms. The monoisotopic (exact) mass is 247 g/mol. The van der Waals surface area contributed by atoms with Crippen LogP contribution in [0.2, 0.25) is 4.34 Å². The number of hydrogen-bond donors (Lipinski definition) is 0. The lowest BCUT2D eigenvalue weighted by molar-refractivity contribution is 0.147. The van der Waals surface area contributed by atoms with Crippen molar-refractivity contribution in [2.24, 2.45) is 0 Å². The maximum atomic E-state index is 11.9. The Morgan fingerprint density at radius 2 is 2.20 bits per heavy atom. The molecular weight excluding hydrogens is 247 g/mol. The van der Waals surface area contributed by atoms with Gasteiger partial charge in [0.05, 0.1) is 0 Å². The van der Waals surface area contributed by atoms with Gasteiger partial charge in [-0.2, -0.15) is 0 Å². The summed E-state index contributed by atoms with van der Waals surface area (Å²) >= 11 is 9.32. The van der Waals surface area contributed by atoms with Crippen LogP contribution in [0.15, 0.2) is 3.92 Å². The summed E-state index contributed by atoms with van der Waals surface area (Å²) < 4.78 is 24.2. The zero-order valence-electron chi connectivity index (χ0n) is 4.44. The molecule has 0 aliphatic rings. The molecule has 1 nitrogen and oxygen atoms in total. The predicted octanol–water partition coefficient (Wildman–Crippen LogP) is 3.50. The number of aromatic nitrogens is 1. The molecule has 0 saturated heterocycles. The number of alkyl halides is 2. The van der Waals surface area contributed by atoms with Crippen LogP contribution in [0, 0.1) is 0 Å². The Balaban J connectivity index is 3.03. The van der Waals surface area contributed by atoms with E-state index in [1.165, 1.54) is 0 Å². The van der Waals surface area contributed by atoms with Crippen molar-refractivity contribution in [1.82, 2.24) is 4.98 Å². The quantitative estimate of drug-likeness (QED) is 0.741. The van der Waals surface area contributed by atoms with Crippen molar-refractivity contribution in [3.8, 4) is 0 Å². The van der Waals surface area contributed by atoms with Crippen molar-refractivity contribution in [1.29, 1.82) is 0 Å². The molecule has 0 unspecified atom stereocenters. The SMILES string of the molecule is FC(F)c1nc(Br)sc1Cl. The highest BCUT2D eigenvalue weighted by Crippen LogP contribution is 2.33. The zero-order chi connectivity index (χ0) is 7.72. The molecule has 0 spiro atoms. The van der Waals surface area contributed by atoms with E-state index in [2.05, 4.69) is 20.9 Å². The molecule has 1 aromatic rings. The summed E-state index contributed by atoms with van der Waals surface area (Å²) in [5.74, 6) is 0. The minimum absolute atomic E-state index is 0.0434. The molecule has 0 N–H and O–H groups in total. The Morgan fingerprint density at radius 1 is 1.60 bits per heavy atom. The first-order valence-electron chi connectivity index (χ1n) is 2.21. The highest BCUT2D eigenvalue weighted by atomic mass is 79.9. The molecule has 0 radical (unpaired) electrons. The van der Waals surface area contributed by atoms with Crippen molar-refractivity contribution in [3.05, 3.63) is 13.9 Å². The number of thiazole rings is 1. The van der Waals surface area contributed by atoms with Crippen LogP contribution in [0.4, 0.5) is 8.78 Å². The van der Waals surface area contributed by atoms with E-state index in [-0.39, 0.29) is 10.0 Å². The molecule has 1 rings (SSSR count). The summed E-state index contributed by atoms with van der Waals surface area (Å²) in [6.07, 6.45) is -2.59. The average Bonchev–Trinajstić information content (AvgIpc) is 2.10. The van der Waals surface area contributed by atoms with Crippen molar-refractivity contribution >= 4 is 38.9 Å². The number of halogens is 4. The van der Waals surface area contributed by atoms with E-state index in [1.807, 2.05) is 0 Å². The van der Waals surface area contributed by atoms with E-state index in [4.69, 9.17) is 11.6 Å². The molecule has 1 aromatic heterocycles. The number of hydrogen-bond acceptors (Lipinski definition) is 2. The molecule has 0 saturated carbocycles. The number of rotatable bonds is 1. The maximum Gasteiger partial charge on any atom is 0.282 e. The molecule has 56 valence electrons. The van der Waals surface area contributed by atoms with E-state index in [9.17, 15) is 8.78 Å². The molecule has 0 fully saturated rings. The molecule has 0 aliphatic carbocycles. The topological polar surface area (TPSA) is 12.9 Å². The van der Waals surface area contributed by atoms with E-state index >= 15 is 0 Å². The fraction of sp³-hybridized carbons (Fsp3) is 0.250. The largest absolute Gasteiger partial charge is 0.282 e. The van der Waals surface area contributed by atoms with Gasteiger partial charge in [-0.15, -0.1) is 0 Å². The van der Waals surface area contributed by atoms with Gasteiger partial charge in [0.2, 0.25) is 0 Å². The third-order valence-corrected chi connectivity index (χ3v) is 2.53. The number of nitrogens with zero attached hydrogens (tertiary/aromatic N) is 1. The summed E-state index contributed by atoms with van der Waals surface area (Å²) in [4.78, 5) is 3.46. The highest BCUT2D eigenvalue weighted by molar-refractivity contribution is 9.11. The third kappa shape index (κ3) is 1.65. The van der Waals surface area contributed by atoms with Gasteiger partial charge in [-0.3, -0.25) is 0 Å². The van der Waals surface area contributed by atoms with Gasteiger partial charge in [0.1, 0.15) is 10.0 Å². The summed E-state index contributed by atoms with van der Waals surface area (Å²) in [7, 11) is 0. The standard InChI is InChI=1S/C4HBrClF2NS/c5-4-9-1(3(7)8)2(6)10-4/h3H. The van der Waals surface area contributed by atoms with Gasteiger partial charge in [0.25, 0.3) is 6.43 Å². The Kier molecular flexibility index (Phi) is 2.60. The van der Waals surface area contributed by atoms with Crippen molar-refractivity contribution in [2.45, 2.75) is 6.43 Å². The summed E-state index contributed by atoms with van der Waals surface area (Å²) in [6.45, 7) is 0. The van der Waals surface area contributed by atoms with Gasteiger partial charge < -0.3 is 0 Å². The fourth-order valence-electron chi connectivity index (χ4n) is 0.422. The normalized spacial score (nSPS) is 10.9. The first kappa shape index (κ1) is 8.36. The van der Waals surface area contributed by atoms with E-state index < -0.39 is 6.43 Å². The van der Waals surface area contributed by atoms with Crippen LogP contribution in [-0.4, -0.2) is 4.98 Å². The van der Waals surface area contributed by atoms with Crippen LogP contribution in [-0.2, 0) is 0 Å². The molecule has 0 atom stereocenters. The van der Waals surface area contributed by atoms with Crippen LogP contribution in [0.1, 0.15) is 12.1 Å². The van der Waals surface area contributed by atoms with E-state index in [0.717, 1.165) is 11.3 Å². The highest BCUT2D eigenvalue weighted by Gasteiger charge is 2.16. The second-order valence-electron chi connectivity index (χ2n) is 1.43. The lowest BCUT2D eigenvalue weighted by atomic mass is 10.5. The van der Waals surface area contributed by atoms with Crippen LogP contribution in [0.25, 0.3) is 0 Å². The Bertz CT molecular complexity index is 239. The van der Waals surface area contributed by atoms with E-state index in [0.29, 0.717) is 3.92 Å². The molecule has 0 amide bonds. The van der Waals surface area contributed by atoms with Crippen LogP contribution in [0.5, 0.6) is 0 Å². The molecule has 0 aliphatic heterocycles. The second kappa shape index (κ2) is 3.11. The summed E-state index contributed by atoms with van der Waals surface area (Å²) in [5.41, 5.74) is -0.349. The smallest absolute Gasteiger partial charge is 0.226 e. The van der Waals surface area contributed by atoms with Crippen LogP contribution >= 0.6 is 38.9 Å². The van der Waals surface area contributed by atoms with Gasteiger partial charge >= 0.3 is 0 Å². The first-order chi connectivity index (χ1) is 4.61. The Morgan fingerprint density at radius 3 is 2.40 bits per heavy atom. The second-order valence-corrected chi connectivity index (χ2v) is 4.30. The molecular formula is C4HBrClF2NS. The maximum absolute atomic E-state index is 11.9. The van der Waals surface area contributed by atoms with Crippen LogP contribution in [0.3, 0.4) is 0 Å². The van der Waals surface area contributed by atoms with Gasteiger partial charge in [-0.25, -0.2) is 13.8 Å². The third-order valence-electron chi connectivity index (χ3n) is 0.790. The zero-order valence-corrected chi connectivity index (χ0v) is 7.60. The van der Waals surface area contributed by atoms with Crippen molar-refractivity contribution in [3.63, 3.8) is 0 Å². The van der Waals surface area contributed by atoms with Gasteiger partial charge in [-0.1, -0.05) is 22.9 Å². The summed E-state index contributed by atoms with van der Waals surface area (Å²) in [6, 6.07) is 0. The molecule has 6 heteroatoms. The molecule has 1 heterocycles. The fourth-order valence-corrected chi connectivity index (χ4v) is 2.25. The first-order valence-corrected chi connectivity index (χ1v) is 4.20. The predicted molar refractivity (Wildman–Crippen MR) is 39.8 cm³/mol. The lowest BCUT2D eigenvalue weighted by Gasteiger charge is -1.89. The molecule has 0 aromatic carbocycles. The summed E-state index contributed by atoms with van der Waals surface area (Å²) in [5, 5.41) is 0. The van der Waals surface area contributed by atoms with E-state index in [1.54, 1.807) is 0 Å². The minimum Gasteiger partial charge on any atom is -0.226 e. The minimum atomic E-state index is -2.59. The van der Waals surface area contributed by atoms with Crippen molar-refractivity contribution in [2.75, 3.05) is 0 Å². The van der Waals surface area contributed by atoms with Crippen LogP contribution < -0.4 is 0 Å².